The zero-order chi connectivity index (χ0) is 27.5. The van der Waals surface area contributed by atoms with Gasteiger partial charge in [0.2, 0.25) is 5.95 Å². The van der Waals surface area contributed by atoms with Gasteiger partial charge in [-0.25, -0.2) is 9.97 Å². The number of benzene rings is 2. The number of carbonyl (C=O) groups is 1. The van der Waals surface area contributed by atoms with Gasteiger partial charge in [-0.3, -0.25) is 4.79 Å². The molecule has 1 amide bonds. The molecule has 3 N–H and O–H groups in total. The first kappa shape index (κ1) is 25.4. The molecule has 1 aromatic heterocycles. The van der Waals surface area contributed by atoms with E-state index in [0.29, 0.717) is 47.3 Å². The number of halogens is 1. The van der Waals surface area contributed by atoms with Gasteiger partial charge in [0.05, 0.1) is 46.4 Å². The number of rotatable bonds is 5. The number of aliphatic hydroxyl groups excluding tert-OH is 1. The van der Waals surface area contributed by atoms with Crippen LogP contribution < -0.4 is 15.4 Å². The van der Waals surface area contributed by atoms with Crippen LogP contribution >= 0.6 is 11.6 Å². The number of aromatic nitrogens is 2. The minimum absolute atomic E-state index is 0.108. The molecular formula is C29H29ClN6O3. The van der Waals surface area contributed by atoms with Gasteiger partial charge in [-0.2, -0.15) is 5.26 Å². The monoisotopic (exact) mass is 544 g/mol. The number of nitriles is 1. The number of piperidine rings is 2. The van der Waals surface area contributed by atoms with Crippen molar-refractivity contribution in [2.75, 3.05) is 37.4 Å². The number of nitrogens with one attached hydrogen (secondary N) is 2. The SMILES string of the molecule is COc1cc(C(=O)N2CC3CC(C2)C3O)c(Cl)cc1Nc1nccc(-c2cc(C#N)c3c(c2)C(C)(C)CN3)n1. The summed E-state index contributed by atoms with van der Waals surface area (Å²) in [5.74, 6) is 0.845. The van der Waals surface area contributed by atoms with Gasteiger partial charge in [0, 0.05) is 48.6 Å². The summed E-state index contributed by atoms with van der Waals surface area (Å²) in [4.78, 5) is 24.1. The van der Waals surface area contributed by atoms with Crippen LogP contribution in [-0.4, -0.2) is 58.7 Å². The molecule has 4 aliphatic rings. The number of amides is 1. The summed E-state index contributed by atoms with van der Waals surface area (Å²) in [6.45, 7) is 6.10. The smallest absolute Gasteiger partial charge is 0.255 e. The Kier molecular flexibility index (Phi) is 6.12. The van der Waals surface area contributed by atoms with Crippen molar-refractivity contribution < 1.29 is 14.6 Å². The van der Waals surface area contributed by atoms with E-state index in [0.717, 1.165) is 29.8 Å². The van der Waals surface area contributed by atoms with Crippen LogP contribution in [0.4, 0.5) is 17.3 Å². The Balaban J connectivity index is 1.28. The lowest BCUT2D eigenvalue weighted by Crippen LogP contribution is -2.59. The number of nitrogens with zero attached hydrogens (tertiary/aromatic N) is 4. The molecule has 10 heteroatoms. The average molecular weight is 545 g/mol. The summed E-state index contributed by atoms with van der Waals surface area (Å²) in [5.41, 5.74) is 4.79. The maximum Gasteiger partial charge on any atom is 0.255 e. The number of fused-ring (bicyclic) bond motifs is 3. The fraction of sp³-hybridized carbons (Fsp3) is 0.379. The van der Waals surface area contributed by atoms with E-state index in [1.165, 1.54) is 7.11 Å². The molecule has 2 saturated heterocycles. The Hall–Kier alpha value is -3.87. The van der Waals surface area contributed by atoms with Gasteiger partial charge in [-0.15, -0.1) is 0 Å². The molecule has 39 heavy (non-hydrogen) atoms. The highest BCUT2D eigenvalue weighted by molar-refractivity contribution is 6.34. The van der Waals surface area contributed by atoms with Crippen molar-refractivity contribution in [3.05, 3.63) is 58.2 Å². The fourth-order valence-corrected chi connectivity index (χ4v) is 6.13. The van der Waals surface area contributed by atoms with Gasteiger partial charge in [0.15, 0.2) is 0 Å². The van der Waals surface area contributed by atoms with Crippen LogP contribution in [0.25, 0.3) is 11.3 Å². The second-order valence-corrected chi connectivity index (χ2v) is 11.6. The molecule has 7 rings (SSSR count). The van der Waals surface area contributed by atoms with Gasteiger partial charge in [0.25, 0.3) is 5.91 Å². The predicted molar refractivity (Wildman–Crippen MR) is 148 cm³/mol. The molecule has 2 aromatic carbocycles. The number of aliphatic hydroxyl groups is 1. The van der Waals surface area contributed by atoms with E-state index in [1.807, 2.05) is 6.07 Å². The van der Waals surface area contributed by atoms with Gasteiger partial charge < -0.3 is 25.4 Å². The second-order valence-electron chi connectivity index (χ2n) is 11.2. The molecule has 200 valence electrons. The van der Waals surface area contributed by atoms with E-state index in [4.69, 9.17) is 21.3 Å². The molecule has 2 atom stereocenters. The number of methoxy groups -OCH3 is 1. The van der Waals surface area contributed by atoms with Crippen molar-refractivity contribution in [2.24, 2.45) is 11.8 Å². The standard InChI is InChI=1S/C29H29ClN6O3/c1-29(2)14-33-25-16(11-31)6-15(8-20(25)29)22-4-5-32-28(34-22)35-23-10-21(30)19(9-24(23)39-3)27(38)36-12-17-7-18(13-36)26(17)37/h4-6,8-10,17-18,26,33,37H,7,12-14H2,1-3H3,(H,32,34,35). The molecule has 2 bridgehead atoms. The maximum atomic E-state index is 13.2. The minimum atomic E-state index is -0.312. The zero-order valence-electron chi connectivity index (χ0n) is 22.0. The molecule has 4 heterocycles. The summed E-state index contributed by atoms with van der Waals surface area (Å²) in [5, 5.41) is 26.6. The van der Waals surface area contributed by atoms with Crippen LogP contribution in [0, 0.1) is 23.2 Å². The first-order valence-corrected chi connectivity index (χ1v) is 13.3. The van der Waals surface area contributed by atoms with Crippen LogP contribution in [0.3, 0.4) is 0 Å². The molecule has 9 nitrogen and oxygen atoms in total. The maximum absolute atomic E-state index is 13.2. The van der Waals surface area contributed by atoms with E-state index in [2.05, 4.69) is 41.6 Å². The highest BCUT2D eigenvalue weighted by atomic mass is 35.5. The van der Waals surface area contributed by atoms with Gasteiger partial charge in [-0.05, 0) is 42.3 Å². The van der Waals surface area contributed by atoms with Crippen molar-refractivity contribution in [3.8, 4) is 23.1 Å². The Morgan fingerprint density at radius 3 is 2.74 bits per heavy atom. The number of ether oxygens (including phenoxy) is 1. The van der Waals surface area contributed by atoms with Crippen LogP contribution in [0.1, 0.15) is 41.8 Å². The topological polar surface area (TPSA) is 123 Å². The summed E-state index contributed by atoms with van der Waals surface area (Å²) >= 11 is 6.59. The third kappa shape index (κ3) is 4.34. The Bertz CT molecular complexity index is 1520. The van der Waals surface area contributed by atoms with Gasteiger partial charge in [0.1, 0.15) is 11.8 Å². The van der Waals surface area contributed by atoms with Crippen molar-refractivity contribution in [1.29, 1.82) is 5.26 Å². The lowest BCUT2D eigenvalue weighted by Gasteiger charge is -2.51. The molecule has 3 aliphatic heterocycles. The quantitative estimate of drug-likeness (QED) is 0.426. The van der Waals surface area contributed by atoms with E-state index >= 15 is 0 Å². The molecule has 1 saturated carbocycles. The van der Waals surface area contributed by atoms with Crippen molar-refractivity contribution >= 4 is 34.8 Å². The summed E-state index contributed by atoms with van der Waals surface area (Å²) < 4.78 is 5.59. The Morgan fingerprint density at radius 1 is 1.28 bits per heavy atom. The normalized spacial score (nSPS) is 22.3. The number of hydrogen-bond donors (Lipinski definition) is 3. The summed E-state index contributed by atoms with van der Waals surface area (Å²) in [6.07, 6.45) is 2.30. The minimum Gasteiger partial charge on any atom is -0.495 e. The van der Waals surface area contributed by atoms with E-state index in [-0.39, 0.29) is 34.3 Å². The van der Waals surface area contributed by atoms with Gasteiger partial charge >= 0.3 is 0 Å². The molecule has 3 aromatic rings. The van der Waals surface area contributed by atoms with Crippen molar-refractivity contribution in [3.63, 3.8) is 0 Å². The van der Waals surface area contributed by atoms with Crippen LogP contribution in [0.2, 0.25) is 5.02 Å². The summed E-state index contributed by atoms with van der Waals surface area (Å²) in [6, 6.07) is 11.3. The van der Waals surface area contributed by atoms with Gasteiger partial charge in [-0.1, -0.05) is 25.4 Å². The largest absolute Gasteiger partial charge is 0.495 e. The molecule has 0 spiro atoms. The van der Waals surface area contributed by atoms with E-state index in [1.54, 1.807) is 29.3 Å². The molecule has 0 radical (unpaired) electrons. The second kappa shape index (κ2) is 9.40. The number of hydrogen-bond acceptors (Lipinski definition) is 8. The summed E-state index contributed by atoms with van der Waals surface area (Å²) in [7, 11) is 1.52. The third-order valence-corrected chi connectivity index (χ3v) is 8.49. The average Bonchev–Trinajstić information content (AvgIpc) is 3.26. The van der Waals surface area contributed by atoms with Crippen LogP contribution in [0.15, 0.2) is 36.5 Å². The molecule has 1 aliphatic carbocycles. The highest BCUT2D eigenvalue weighted by Gasteiger charge is 2.47. The third-order valence-electron chi connectivity index (χ3n) is 8.18. The molecular weight excluding hydrogens is 516 g/mol. The number of anilines is 3. The van der Waals surface area contributed by atoms with Crippen molar-refractivity contribution in [2.45, 2.75) is 31.8 Å². The van der Waals surface area contributed by atoms with Crippen LogP contribution in [0.5, 0.6) is 5.75 Å². The Morgan fingerprint density at radius 2 is 2.05 bits per heavy atom. The Labute approximate surface area is 231 Å². The zero-order valence-corrected chi connectivity index (χ0v) is 22.7. The highest BCUT2D eigenvalue weighted by Crippen LogP contribution is 2.42. The molecule has 2 unspecified atom stereocenters. The lowest BCUT2D eigenvalue weighted by atomic mass is 9.68. The first-order chi connectivity index (χ1) is 18.7. The predicted octanol–water partition coefficient (Wildman–Crippen LogP) is 4.58. The van der Waals surface area contributed by atoms with Crippen LogP contribution in [-0.2, 0) is 5.41 Å². The van der Waals surface area contributed by atoms with E-state index < -0.39 is 0 Å². The fourth-order valence-electron chi connectivity index (χ4n) is 5.89. The molecule has 3 fully saturated rings. The van der Waals surface area contributed by atoms with Crippen molar-refractivity contribution in [1.82, 2.24) is 14.9 Å². The lowest BCUT2D eigenvalue weighted by molar-refractivity contribution is -0.0970. The number of carbonyl (C=O) groups excluding carboxylic acids is 1. The first-order valence-electron chi connectivity index (χ1n) is 13.0. The van der Waals surface area contributed by atoms with E-state index in [9.17, 15) is 15.2 Å².